The van der Waals surface area contributed by atoms with Gasteiger partial charge in [-0.1, -0.05) is 25.0 Å². The van der Waals surface area contributed by atoms with E-state index in [0.29, 0.717) is 50.7 Å². The fourth-order valence-corrected chi connectivity index (χ4v) is 6.04. The minimum Gasteiger partial charge on any atom is -0.379 e. The van der Waals surface area contributed by atoms with Gasteiger partial charge in [-0.05, 0) is 18.9 Å². The smallest absolute Gasteiger partial charge is 0.271 e. The van der Waals surface area contributed by atoms with Crippen molar-refractivity contribution >= 4 is 27.5 Å². The van der Waals surface area contributed by atoms with Gasteiger partial charge in [-0.2, -0.15) is 0 Å². The zero-order valence-corrected chi connectivity index (χ0v) is 19.0. The number of amides is 2. The number of hydrogen-bond donors (Lipinski definition) is 1. The van der Waals surface area contributed by atoms with Crippen LogP contribution >= 0.6 is 0 Å². The molecule has 2 amide bonds. The summed E-state index contributed by atoms with van der Waals surface area (Å²) >= 11 is 0. The van der Waals surface area contributed by atoms with Crippen LogP contribution in [0.3, 0.4) is 0 Å². The van der Waals surface area contributed by atoms with Gasteiger partial charge >= 0.3 is 0 Å². The summed E-state index contributed by atoms with van der Waals surface area (Å²) in [6, 6.07) is 0. The van der Waals surface area contributed by atoms with Crippen molar-refractivity contribution in [3.8, 4) is 0 Å². The van der Waals surface area contributed by atoms with E-state index in [9.17, 15) is 18.0 Å². The van der Waals surface area contributed by atoms with Crippen molar-refractivity contribution < 1.29 is 22.7 Å². The third-order valence-corrected chi connectivity index (χ3v) is 8.24. The molecule has 1 N–H and O–H groups in total. The van der Waals surface area contributed by atoms with Crippen molar-refractivity contribution in [2.24, 2.45) is 4.99 Å². The fraction of sp³-hybridized carbons (Fsp3) is 0.591. The number of carbonyl (C=O) groups excluding carboxylic acids is 2. The third kappa shape index (κ3) is 5.25. The zero-order chi connectivity index (χ0) is 22.6. The first kappa shape index (κ1) is 23.0. The maximum Gasteiger partial charge on any atom is 0.271 e. The molecule has 2 fully saturated rings. The number of carbonyl (C=O) groups is 2. The second-order valence-electron chi connectivity index (χ2n) is 8.37. The minimum atomic E-state index is -3.60. The van der Waals surface area contributed by atoms with E-state index in [2.05, 4.69) is 15.2 Å². The van der Waals surface area contributed by atoms with Gasteiger partial charge in [-0.3, -0.25) is 14.5 Å². The van der Waals surface area contributed by atoms with Gasteiger partial charge in [0, 0.05) is 50.9 Å². The van der Waals surface area contributed by atoms with E-state index in [1.807, 2.05) is 0 Å². The SMILES string of the molecule is O=C1C=C(C(=O)NCCN2CCOCC2)C2=CC(S(=O)(=O)N3CCCCCC3)C=CC2=N1. The Morgan fingerprint density at radius 1 is 1.12 bits per heavy atom. The summed E-state index contributed by atoms with van der Waals surface area (Å²) in [6.45, 7) is 5.14. The maximum absolute atomic E-state index is 13.2. The summed E-state index contributed by atoms with van der Waals surface area (Å²) in [5.41, 5.74) is 0.903. The largest absolute Gasteiger partial charge is 0.379 e. The van der Waals surface area contributed by atoms with E-state index < -0.39 is 27.1 Å². The number of dihydropyridines is 1. The van der Waals surface area contributed by atoms with Gasteiger partial charge in [0.15, 0.2) is 0 Å². The van der Waals surface area contributed by atoms with Gasteiger partial charge in [0.25, 0.3) is 11.8 Å². The number of nitrogens with one attached hydrogen (secondary N) is 1. The molecule has 3 aliphatic heterocycles. The highest BCUT2D eigenvalue weighted by Gasteiger charge is 2.34. The predicted octanol–water partition coefficient (Wildman–Crippen LogP) is 0.413. The van der Waals surface area contributed by atoms with Crippen molar-refractivity contribution in [1.29, 1.82) is 0 Å². The van der Waals surface area contributed by atoms with E-state index in [4.69, 9.17) is 4.74 Å². The second-order valence-corrected chi connectivity index (χ2v) is 10.5. The number of aliphatic imine (C=N–C) groups is 1. The van der Waals surface area contributed by atoms with Gasteiger partial charge in [0.1, 0.15) is 5.25 Å². The highest BCUT2D eigenvalue weighted by molar-refractivity contribution is 7.90. The van der Waals surface area contributed by atoms with Crippen LogP contribution in [0.15, 0.2) is 40.4 Å². The number of allylic oxidation sites excluding steroid dienone is 1. The zero-order valence-electron chi connectivity index (χ0n) is 18.2. The average Bonchev–Trinajstić information content (AvgIpc) is 3.09. The van der Waals surface area contributed by atoms with Gasteiger partial charge in [0.2, 0.25) is 10.0 Å². The molecule has 4 aliphatic rings. The number of nitrogens with zero attached hydrogens (tertiary/aromatic N) is 3. The summed E-state index contributed by atoms with van der Waals surface area (Å²) in [4.78, 5) is 31.1. The molecule has 1 unspecified atom stereocenters. The number of rotatable bonds is 6. The lowest BCUT2D eigenvalue weighted by atomic mass is 9.92. The molecule has 1 aliphatic carbocycles. The van der Waals surface area contributed by atoms with Crippen LogP contribution in [0.4, 0.5) is 0 Å². The normalized spacial score (nSPS) is 25.3. The average molecular weight is 463 g/mol. The van der Waals surface area contributed by atoms with Gasteiger partial charge in [-0.25, -0.2) is 17.7 Å². The summed E-state index contributed by atoms with van der Waals surface area (Å²) in [5, 5.41) is 1.97. The lowest BCUT2D eigenvalue weighted by Crippen LogP contribution is -2.42. The molecule has 0 aromatic carbocycles. The molecule has 0 saturated carbocycles. The van der Waals surface area contributed by atoms with Crippen molar-refractivity contribution in [3.05, 3.63) is 35.5 Å². The number of morpholine rings is 1. The topological polar surface area (TPSA) is 108 Å². The first-order chi connectivity index (χ1) is 15.4. The van der Waals surface area contributed by atoms with Crippen LogP contribution in [-0.4, -0.2) is 92.9 Å². The Balaban J connectivity index is 1.48. The van der Waals surface area contributed by atoms with Crippen LogP contribution in [0.5, 0.6) is 0 Å². The molecule has 10 heteroatoms. The number of ether oxygens (including phenoxy) is 1. The Morgan fingerprint density at radius 3 is 2.56 bits per heavy atom. The van der Waals surface area contributed by atoms with Crippen LogP contribution in [0.25, 0.3) is 0 Å². The molecule has 4 rings (SSSR count). The summed E-state index contributed by atoms with van der Waals surface area (Å²) in [5.74, 6) is -0.916. The number of sulfonamides is 1. The molecule has 2 saturated heterocycles. The van der Waals surface area contributed by atoms with Crippen LogP contribution in [-0.2, 0) is 24.3 Å². The van der Waals surface area contributed by atoms with E-state index >= 15 is 0 Å². The summed E-state index contributed by atoms with van der Waals surface area (Å²) in [7, 11) is -3.60. The summed E-state index contributed by atoms with van der Waals surface area (Å²) < 4.78 is 33.4. The van der Waals surface area contributed by atoms with E-state index in [0.717, 1.165) is 38.8 Å². The Labute approximate surface area is 188 Å². The van der Waals surface area contributed by atoms with Gasteiger partial charge < -0.3 is 10.1 Å². The summed E-state index contributed by atoms with van der Waals surface area (Å²) in [6.07, 6.45) is 9.60. The van der Waals surface area contributed by atoms with Crippen LogP contribution in [0.2, 0.25) is 0 Å². The maximum atomic E-state index is 13.2. The Hall–Kier alpha value is -2.14. The molecular formula is C22H30N4O5S. The Bertz CT molecular complexity index is 968. The van der Waals surface area contributed by atoms with Crippen molar-refractivity contribution in [1.82, 2.24) is 14.5 Å². The lowest BCUT2D eigenvalue weighted by Gasteiger charge is -2.27. The first-order valence-corrected chi connectivity index (χ1v) is 12.8. The molecule has 9 nitrogen and oxygen atoms in total. The van der Waals surface area contributed by atoms with Crippen molar-refractivity contribution in [2.45, 2.75) is 30.9 Å². The van der Waals surface area contributed by atoms with E-state index in [1.165, 1.54) is 6.08 Å². The van der Waals surface area contributed by atoms with Gasteiger partial charge in [-0.15, -0.1) is 0 Å². The third-order valence-electron chi connectivity index (χ3n) is 6.17. The van der Waals surface area contributed by atoms with Crippen LogP contribution in [0, 0.1) is 0 Å². The minimum absolute atomic E-state index is 0.169. The standard InChI is InChI=1S/C22H30N4O5S/c27-21-16-19(22(28)23-7-10-25-11-13-31-14-12-25)18-15-17(5-6-20(18)24-21)32(29,30)26-8-3-1-2-4-9-26/h5-6,15-17H,1-4,7-14H2,(H,23,28). The lowest BCUT2D eigenvalue weighted by molar-refractivity contribution is -0.118. The Morgan fingerprint density at radius 2 is 1.84 bits per heavy atom. The molecule has 0 aromatic heterocycles. The molecule has 0 radical (unpaired) electrons. The van der Waals surface area contributed by atoms with E-state index in [1.54, 1.807) is 22.5 Å². The number of hydrogen-bond acceptors (Lipinski definition) is 6. The molecule has 0 bridgehead atoms. The molecule has 1 atom stereocenters. The molecule has 0 spiro atoms. The highest BCUT2D eigenvalue weighted by Crippen LogP contribution is 2.27. The quantitative estimate of drug-likeness (QED) is 0.613. The Kier molecular flexibility index (Phi) is 7.34. The first-order valence-electron chi connectivity index (χ1n) is 11.3. The van der Waals surface area contributed by atoms with Gasteiger partial charge in [0.05, 0.1) is 24.5 Å². The second kappa shape index (κ2) is 10.2. The predicted molar refractivity (Wildman–Crippen MR) is 121 cm³/mol. The van der Waals surface area contributed by atoms with Crippen LogP contribution < -0.4 is 5.32 Å². The molecule has 3 heterocycles. The molecule has 174 valence electrons. The van der Waals surface area contributed by atoms with E-state index in [-0.39, 0.29) is 5.57 Å². The van der Waals surface area contributed by atoms with Crippen molar-refractivity contribution in [2.75, 3.05) is 52.5 Å². The fourth-order valence-electron chi connectivity index (χ4n) is 4.35. The van der Waals surface area contributed by atoms with Crippen molar-refractivity contribution in [3.63, 3.8) is 0 Å². The van der Waals surface area contributed by atoms with Crippen LogP contribution in [0.1, 0.15) is 25.7 Å². The highest BCUT2D eigenvalue weighted by atomic mass is 32.2. The molecular weight excluding hydrogens is 432 g/mol. The molecule has 0 aromatic rings. The monoisotopic (exact) mass is 462 g/mol. The molecule has 32 heavy (non-hydrogen) atoms. The number of fused-ring (bicyclic) bond motifs is 1.